The lowest BCUT2D eigenvalue weighted by molar-refractivity contribution is -0.121. The number of hydrogen-bond acceptors (Lipinski definition) is 5. The highest BCUT2D eigenvalue weighted by molar-refractivity contribution is 6.18. The van der Waals surface area contributed by atoms with Crippen molar-refractivity contribution in [1.82, 2.24) is 4.98 Å². The second-order valence-electron chi connectivity index (χ2n) is 9.87. The fourth-order valence-electron chi connectivity index (χ4n) is 6.56. The Bertz CT molecular complexity index is 1630. The van der Waals surface area contributed by atoms with Gasteiger partial charge in [-0.15, -0.1) is 0 Å². The van der Waals surface area contributed by atoms with Gasteiger partial charge in [0.1, 0.15) is 17.2 Å². The van der Waals surface area contributed by atoms with E-state index in [-0.39, 0.29) is 23.2 Å². The van der Waals surface area contributed by atoms with E-state index in [9.17, 15) is 14.4 Å². The van der Waals surface area contributed by atoms with Crippen molar-refractivity contribution < 1.29 is 14.4 Å². The number of carbonyl (C=O) groups is 3. The zero-order valence-electron chi connectivity index (χ0n) is 20.3. The van der Waals surface area contributed by atoms with E-state index in [0.29, 0.717) is 11.3 Å². The first-order valence-electron chi connectivity index (χ1n) is 12.6. The van der Waals surface area contributed by atoms with Crippen LogP contribution in [0.1, 0.15) is 32.0 Å². The van der Waals surface area contributed by atoms with Gasteiger partial charge in [-0.2, -0.15) is 0 Å². The molecule has 1 N–H and O–H groups in total. The molecular formula is C32H23N3O3. The number of fused-ring (bicyclic) bond motifs is 6. The van der Waals surface area contributed by atoms with E-state index < -0.39 is 23.4 Å². The van der Waals surface area contributed by atoms with Gasteiger partial charge in [0, 0.05) is 23.1 Å². The Hall–Kier alpha value is -4.84. The van der Waals surface area contributed by atoms with Gasteiger partial charge < -0.3 is 10.2 Å². The largest absolute Gasteiger partial charge is 0.352 e. The number of para-hydroxylation sites is 2. The lowest BCUT2D eigenvalue weighted by Crippen LogP contribution is -2.51. The number of hydrogen-bond donors (Lipinski definition) is 1. The Kier molecular flexibility index (Phi) is 4.91. The van der Waals surface area contributed by atoms with E-state index in [1.54, 1.807) is 36.5 Å². The molecule has 1 saturated heterocycles. The van der Waals surface area contributed by atoms with Crippen LogP contribution in [0.3, 0.4) is 0 Å². The van der Waals surface area contributed by atoms with Gasteiger partial charge >= 0.3 is 0 Å². The van der Waals surface area contributed by atoms with Crippen LogP contribution in [0.5, 0.6) is 0 Å². The average molecular weight is 498 g/mol. The van der Waals surface area contributed by atoms with Gasteiger partial charge in [-0.25, -0.2) is 0 Å². The molecule has 3 aliphatic rings. The topological polar surface area (TPSA) is 79.4 Å². The number of nitrogens with zero attached hydrogens (tertiary/aromatic N) is 2. The van der Waals surface area contributed by atoms with E-state index in [0.717, 1.165) is 16.8 Å². The summed E-state index contributed by atoms with van der Waals surface area (Å²) in [6.07, 6.45) is 5.53. The summed E-state index contributed by atoms with van der Waals surface area (Å²) in [4.78, 5) is 49.5. The number of benzene rings is 3. The molecular weight excluding hydrogens is 474 g/mol. The number of nitrogens with one attached hydrogen (secondary N) is 1. The molecule has 0 radical (unpaired) electrons. The van der Waals surface area contributed by atoms with Crippen molar-refractivity contribution in [2.24, 2.45) is 5.92 Å². The quantitative estimate of drug-likeness (QED) is 0.404. The second-order valence-corrected chi connectivity index (χ2v) is 9.87. The monoisotopic (exact) mass is 497 g/mol. The van der Waals surface area contributed by atoms with Crippen LogP contribution in [0.2, 0.25) is 0 Å². The number of amides is 1. The second kappa shape index (κ2) is 8.35. The summed E-state index contributed by atoms with van der Waals surface area (Å²) < 4.78 is 0. The number of Topliss-reactive ketones (excluding diaryl/α,β-unsaturated/α-hetero) is 2. The minimum absolute atomic E-state index is 0.205. The van der Waals surface area contributed by atoms with Gasteiger partial charge in [0.2, 0.25) is 5.91 Å². The number of ketones is 2. The summed E-state index contributed by atoms with van der Waals surface area (Å²) >= 11 is 0. The Morgan fingerprint density at radius 1 is 0.816 bits per heavy atom. The predicted molar refractivity (Wildman–Crippen MR) is 145 cm³/mol. The maximum atomic E-state index is 14.5. The lowest BCUT2D eigenvalue weighted by Gasteiger charge is -2.37. The van der Waals surface area contributed by atoms with Crippen molar-refractivity contribution in [3.63, 3.8) is 0 Å². The van der Waals surface area contributed by atoms with Gasteiger partial charge in [0.25, 0.3) is 0 Å². The normalized spacial score (nSPS) is 24.5. The molecule has 184 valence electrons. The van der Waals surface area contributed by atoms with Gasteiger partial charge in [-0.1, -0.05) is 84.9 Å². The van der Waals surface area contributed by atoms with Crippen molar-refractivity contribution in [1.29, 1.82) is 0 Å². The van der Waals surface area contributed by atoms with Gasteiger partial charge in [0.05, 0.1) is 12.0 Å². The highest BCUT2D eigenvalue weighted by Crippen LogP contribution is 2.58. The van der Waals surface area contributed by atoms with Crippen LogP contribution in [-0.4, -0.2) is 34.5 Å². The van der Waals surface area contributed by atoms with Crippen LogP contribution < -0.4 is 10.2 Å². The molecule has 1 aromatic heterocycles. The SMILES string of the molecule is O=C(c1ccccn1)[C@@H]1[C@H](C(=O)c2ccccc2)N2c3ccccc3C=C[C@@H]2[C@@]12C(=O)Nc1ccccc12. The van der Waals surface area contributed by atoms with E-state index in [1.807, 2.05) is 83.8 Å². The summed E-state index contributed by atoms with van der Waals surface area (Å²) in [6.45, 7) is 0. The highest BCUT2D eigenvalue weighted by Gasteiger charge is 2.70. The van der Waals surface area contributed by atoms with Gasteiger partial charge in [-0.3, -0.25) is 19.4 Å². The van der Waals surface area contributed by atoms with Crippen LogP contribution in [0.25, 0.3) is 6.08 Å². The number of carbonyl (C=O) groups excluding carboxylic acids is 3. The van der Waals surface area contributed by atoms with Crippen molar-refractivity contribution in [2.45, 2.75) is 17.5 Å². The standard InChI is InChI=1S/C32H23N3O3/c36-29(21-11-2-1-3-12-21)28-27(30(37)24-15-8-9-19-33-24)32(22-13-5-6-14-23(22)34-31(32)38)26-18-17-20-10-4-7-16-25(20)35(26)28/h1-19,26-28H,(H,34,38)/t26-,27+,28-,32-/m1/s1. The molecule has 1 amide bonds. The smallest absolute Gasteiger partial charge is 0.238 e. The summed E-state index contributed by atoms with van der Waals surface area (Å²) in [5.74, 6) is -1.83. The molecule has 0 saturated carbocycles. The molecule has 4 atom stereocenters. The molecule has 0 bridgehead atoms. The third-order valence-corrected chi connectivity index (χ3v) is 8.07. The van der Waals surface area contributed by atoms with E-state index >= 15 is 0 Å². The molecule has 4 aromatic rings. The number of anilines is 2. The highest BCUT2D eigenvalue weighted by atomic mass is 16.2. The van der Waals surface area contributed by atoms with Crippen LogP contribution in [0.15, 0.2) is 109 Å². The molecule has 4 heterocycles. The van der Waals surface area contributed by atoms with Crippen LogP contribution in [0, 0.1) is 5.92 Å². The average Bonchev–Trinajstić information content (AvgIpc) is 3.45. The third-order valence-electron chi connectivity index (χ3n) is 8.07. The Morgan fingerprint density at radius 2 is 1.55 bits per heavy atom. The Morgan fingerprint density at radius 3 is 2.37 bits per heavy atom. The molecule has 7 rings (SSSR count). The van der Waals surface area contributed by atoms with E-state index in [4.69, 9.17) is 0 Å². The van der Waals surface area contributed by atoms with Crippen molar-refractivity contribution in [3.8, 4) is 0 Å². The lowest BCUT2D eigenvalue weighted by atomic mass is 9.64. The first-order chi connectivity index (χ1) is 18.6. The number of pyridine rings is 1. The number of rotatable bonds is 4. The molecule has 6 heteroatoms. The first kappa shape index (κ1) is 22.4. The fraction of sp³-hybridized carbons (Fsp3) is 0.125. The zero-order chi connectivity index (χ0) is 25.9. The molecule has 3 aromatic carbocycles. The minimum Gasteiger partial charge on any atom is -0.352 e. The summed E-state index contributed by atoms with van der Waals surface area (Å²) in [5.41, 5.74) is 2.54. The summed E-state index contributed by atoms with van der Waals surface area (Å²) in [6, 6.07) is 27.9. The molecule has 3 aliphatic heterocycles. The number of aromatic nitrogens is 1. The minimum atomic E-state index is -1.33. The maximum Gasteiger partial charge on any atom is 0.238 e. The molecule has 0 unspecified atom stereocenters. The fourth-order valence-corrected chi connectivity index (χ4v) is 6.56. The Balaban J connectivity index is 1.55. The van der Waals surface area contributed by atoms with Crippen molar-refractivity contribution in [2.75, 3.05) is 10.2 Å². The molecule has 38 heavy (non-hydrogen) atoms. The van der Waals surface area contributed by atoms with Gasteiger partial charge in [0.15, 0.2) is 11.6 Å². The van der Waals surface area contributed by atoms with Crippen LogP contribution in [0.4, 0.5) is 11.4 Å². The molecule has 1 spiro atoms. The molecule has 0 aliphatic carbocycles. The molecule has 1 fully saturated rings. The summed E-state index contributed by atoms with van der Waals surface area (Å²) in [5, 5.41) is 3.04. The van der Waals surface area contributed by atoms with Crippen molar-refractivity contribution in [3.05, 3.63) is 132 Å². The predicted octanol–water partition coefficient (Wildman–Crippen LogP) is 4.94. The van der Waals surface area contributed by atoms with Crippen LogP contribution >= 0.6 is 0 Å². The first-order valence-corrected chi connectivity index (χ1v) is 12.6. The molecule has 6 nitrogen and oxygen atoms in total. The maximum absolute atomic E-state index is 14.5. The van der Waals surface area contributed by atoms with Gasteiger partial charge in [-0.05, 0) is 35.4 Å². The Labute approximate surface area is 219 Å². The van der Waals surface area contributed by atoms with E-state index in [2.05, 4.69) is 10.3 Å². The zero-order valence-corrected chi connectivity index (χ0v) is 20.3. The van der Waals surface area contributed by atoms with Crippen LogP contribution in [-0.2, 0) is 10.2 Å². The summed E-state index contributed by atoms with van der Waals surface area (Å²) in [7, 11) is 0. The third kappa shape index (κ3) is 2.94. The van der Waals surface area contributed by atoms with Crippen molar-refractivity contribution >= 4 is 34.9 Å². The van der Waals surface area contributed by atoms with E-state index in [1.165, 1.54) is 0 Å².